The van der Waals surface area contributed by atoms with E-state index in [0.29, 0.717) is 17.1 Å². The summed E-state index contributed by atoms with van der Waals surface area (Å²) in [4.78, 5) is 13.0. The number of halogens is 2. The first-order valence-corrected chi connectivity index (χ1v) is 7.72. The molecule has 6 nitrogen and oxygen atoms in total. The third kappa shape index (κ3) is 3.68. The summed E-state index contributed by atoms with van der Waals surface area (Å²) < 4.78 is 15.5. The smallest absolute Gasteiger partial charge is 0.358 e. The third-order valence-corrected chi connectivity index (χ3v) is 4.30. The van der Waals surface area contributed by atoms with Crippen molar-refractivity contribution in [2.45, 2.75) is 25.4 Å². The van der Waals surface area contributed by atoms with Crippen molar-refractivity contribution >= 4 is 17.6 Å². The Kier molecular flexibility index (Phi) is 4.58. The zero-order valence-electron chi connectivity index (χ0n) is 12.3. The molecule has 23 heavy (non-hydrogen) atoms. The van der Waals surface area contributed by atoms with Crippen LogP contribution in [0.2, 0.25) is 5.02 Å². The van der Waals surface area contributed by atoms with Crippen molar-refractivity contribution < 1.29 is 14.3 Å². The molecule has 1 aliphatic rings. The van der Waals surface area contributed by atoms with E-state index in [1.807, 2.05) is 0 Å². The quantitative estimate of drug-likeness (QED) is 0.927. The lowest BCUT2D eigenvalue weighted by atomic mass is 10.0. The number of hydrogen-bond acceptors (Lipinski definition) is 4. The van der Waals surface area contributed by atoms with Gasteiger partial charge in [-0.3, -0.25) is 4.90 Å². The van der Waals surface area contributed by atoms with Gasteiger partial charge in [0.2, 0.25) is 0 Å². The van der Waals surface area contributed by atoms with Gasteiger partial charge < -0.3 is 5.11 Å². The van der Waals surface area contributed by atoms with Crippen LogP contribution in [0.3, 0.4) is 0 Å². The van der Waals surface area contributed by atoms with Crippen molar-refractivity contribution in [1.82, 2.24) is 19.9 Å². The topological polar surface area (TPSA) is 71.2 Å². The zero-order chi connectivity index (χ0) is 16.4. The number of piperidine rings is 1. The minimum absolute atomic E-state index is 0.0457. The van der Waals surface area contributed by atoms with Crippen molar-refractivity contribution in [3.63, 3.8) is 0 Å². The number of aromatic nitrogens is 3. The molecule has 1 aromatic heterocycles. The maximum Gasteiger partial charge on any atom is 0.358 e. The van der Waals surface area contributed by atoms with Crippen LogP contribution in [0.1, 0.15) is 34.9 Å². The lowest BCUT2D eigenvalue weighted by Gasteiger charge is -2.31. The summed E-state index contributed by atoms with van der Waals surface area (Å²) in [6.07, 6.45) is 3.09. The summed E-state index contributed by atoms with van der Waals surface area (Å²) in [7, 11) is 0. The Morgan fingerprint density at radius 2 is 2.13 bits per heavy atom. The predicted octanol–water partition coefficient (Wildman–Crippen LogP) is 2.61. The molecule has 0 bridgehead atoms. The van der Waals surface area contributed by atoms with Gasteiger partial charge in [0.1, 0.15) is 5.82 Å². The van der Waals surface area contributed by atoms with E-state index in [4.69, 9.17) is 16.7 Å². The fraction of sp³-hybridized carbons (Fsp3) is 0.400. The maximum atomic E-state index is 13.8. The van der Waals surface area contributed by atoms with Crippen LogP contribution < -0.4 is 0 Å². The molecule has 2 heterocycles. The van der Waals surface area contributed by atoms with Gasteiger partial charge in [0.25, 0.3) is 0 Å². The molecule has 0 radical (unpaired) electrons. The summed E-state index contributed by atoms with van der Waals surface area (Å²) >= 11 is 5.76. The fourth-order valence-electron chi connectivity index (χ4n) is 2.79. The molecule has 8 heteroatoms. The van der Waals surface area contributed by atoms with Crippen molar-refractivity contribution in [3.8, 4) is 0 Å². The highest BCUT2D eigenvalue weighted by molar-refractivity contribution is 6.30. The average Bonchev–Trinajstić information content (AvgIpc) is 3.01. The van der Waals surface area contributed by atoms with Crippen LogP contribution in [0, 0.1) is 5.82 Å². The first-order chi connectivity index (χ1) is 11.0. The largest absolute Gasteiger partial charge is 0.476 e. The predicted molar refractivity (Wildman–Crippen MR) is 81.9 cm³/mol. The van der Waals surface area contributed by atoms with Crippen molar-refractivity contribution in [1.29, 1.82) is 0 Å². The van der Waals surface area contributed by atoms with E-state index in [1.54, 1.807) is 16.8 Å². The van der Waals surface area contributed by atoms with E-state index in [1.165, 1.54) is 12.3 Å². The van der Waals surface area contributed by atoms with Crippen LogP contribution in [-0.2, 0) is 6.54 Å². The molecule has 1 aliphatic heterocycles. The summed E-state index contributed by atoms with van der Waals surface area (Å²) in [5, 5.41) is 16.8. The molecule has 0 amide bonds. The molecule has 0 aliphatic carbocycles. The Balaban J connectivity index is 1.58. The summed E-state index contributed by atoms with van der Waals surface area (Å²) in [5.41, 5.74) is 0.581. The normalized spacial score (nSPS) is 16.6. The Hall–Kier alpha value is -1.99. The van der Waals surface area contributed by atoms with Crippen molar-refractivity contribution in [3.05, 3.63) is 46.5 Å². The van der Waals surface area contributed by atoms with Gasteiger partial charge in [-0.2, -0.15) is 0 Å². The number of aromatic carboxylic acids is 1. The maximum absolute atomic E-state index is 13.8. The molecule has 3 rings (SSSR count). The second-order valence-corrected chi connectivity index (χ2v) is 6.07. The third-order valence-electron chi connectivity index (χ3n) is 4.07. The number of carbonyl (C=O) groups is 1. The van der Waals surface area contributed by atoms with Gasteiger partial charge in [-0.25, -0.2) is 13.9 Å². The Labute approximate surface area is 137 Å². The standard InChI is InChI=1S/C15H16ClFN4O2/c16-11-2-1-10(13(17)7-11)8-20-5-3-12(4-6-20)21-9-14(15(22)23)18-19-21/h1-2,7,9,12H,3-6,8H2,(H,22,23). The average molecular weight is 339 g/mol. The highest BCUT2D eigenvalue weighted by Gasteiger charge is 2.23. The number of hydrogen-bond donors (Lipinski definition) is 1. The molecular formula is C15H16ClFN4O2. The van der Waals surface area contributed by atoms with Crippen LogP contribution in [-0.4, -0.2) is 44.1 Å². The van der Waals surface area contributed by atoms with Crippen LogP contribution in [0.15, 0.2) is 24.4 Å². The van der Waals surface area contributed by atoms with E-state index >= 15 is 0 Å². The van der Waals surface area contributed by atoms with Gasteiger partial charge in [0.15, 0.2) is 5.69 Å². The first kappa shape index (κ1) is 15.9. The van der Waals surface area contributed by atoms with Gasteiger partial charge in [0.05, 0.1) is 12.2 Å². The molecule has 1 fully saturated rings. The van der Waals surface area contributed by atoms with E-state index in [0.717, 1.165) is 25.9 Å². The monoisotopic (exact) mass is 338 g/mol. The SMILES string of the molecule is O=C(O)c1cn(C2CCN(Cc3ccc(Cl)cc3F)CC2)nn1. The Morgan fingerprint density at radius 1 is 1.39 bits per heavy atom. The number of carboxylic acids is 1. The van der Waals surface area contributed by atoms with Gasteiger partial charge >= 0.3 is 5.97 Å². The van der Waals surface area contributed by atoms with Gasteiger partial charge in [-0.15, -0.1) is 5.10 Å². The number of nitrogens with zero attached hydrogens (tertiary/aromatic N) is 4. The van der Waals surface area contributed by atoms with Gasteiger partial charge in [-0.05, 0) is 25.0 Å². The number of benzene rings is 1. The summed E-state index contributed by atoms with van der Waals surface area (Å²) in [5.74, 6) is -1.37. The lowest BCUT2D eigenvalue weighted by Crippen LogP contribution is -2.34. The van der Waals surface area contributed by atoms with Crippen LogP contribution in [0.25, 0.3) is 0 Å². The van der Waals surface area contributed by atoms with Crippen LogP contribution in [0.5, 0.6) is 0 Å². The molecule has 1 aromatic carbocycles. The summed E-state index contributed by atoms with van der Waals surface area (Å²) in [6.45, 7) is 2.11. The molecule has 2 aromatic rings. The molecule has 0 spiro atoms. The Bertz CT molecular complexity index is 713. The fourth-order valence-corrected chi connectivity index (χ4v) is 2.94. The highest BCUT2D eigenvalue weighted by atomic mass is 35.5. The second-order valence-electron chi connectivity index (χ2n) is 5.63. The first-order valence-electron chi connectivity index (χ1n) is 7.34. The number of likely N-dealkylation sites (tertiary alicyclic amines) is 1. The lowest BCUT2D eigenvalue weighted by molar-refractivity contribution is 0.0690. The minimum Gasteiger partial charge on any atom is -0.476 e. The molecule has 0 saturated carbocycles. The second kappa shape index (κ2) is 6.64. The molecule has 1 N–H and O–H groups in total. The van der Waals surface area contributed by atoms with Gasteiger partial charge in [0, 0.05) is 30.2 Å². The zero-order valence-corrected chi connectivity index (χ0v) is 13.1. The molecule has 0 atom stereocenters. The number of carboxylic acid groups (broad SMARTS) is 1. The van der Waals surface area contributed by atoms with E-state index in [-0.39, 0.29) is 17.6 Å². The van der Waals surface area contributed by atoms with Crippen LogP contribution >= 0.6 is 11.6 Å². The van der Waals surface area contributed by atoms with E-state index in [2.05, 4.69) is 15.2 Å². The summed E-state index contributed by atoms with van der Waals surface area (Å²) in [6, 6.07) is 4.85. The van der Waals surface area contributed by atoms with Crippen molar-refractivity contribution in [2.75, 3.05) is 13.1 Å². The highest BCUT2D eigenvalue weighted by Crippen LogP contribution is 2.24. The molecule has 0 unspecified atom stereocenters. The molecule has 1 saturated heterocycles. The molecule has 122 valence electrons. The number of rotatable bonds is 4. The molecular weight excluding hydrogens is 323 g/mol. The Morgan fingerprint density at radius 3 is 2.74 bits per heavy atom. The van der Waals surface area contributed by atoms with Gasteiger partial charge in [-0.1, -0.05) is 22.9 Å². The van der Waals surface area contributed by atoms with E-state index in [9.17, 15) is 9.18 Å². The minimum atomic E-state index is -1.08. The van der Waals surface area contributed by atoms with Crippen LogP contribution in [0.4, 0.5) is 4.39 Å². The van der Waals surface area contributed by atoms with Crippen molar-refractivity contribution in [2.24, 2.45) is 0 Å². The van der Waals surface area contributed by atoms with E-state index < -0.39 is 5.97 Å².